The molecule has 3 unspecified atom stereocenters. The summed E-state index contributed by atoms with van der Waals surface area (Å²) in [7, 11) is 1.51. The van der Waals surface area contributed by atoms with Crippen LogP contribution in [-0.2, 0) is 27.9 Å². The molecule has 0 aromatic rings. The van der Waals surface area contributed by atoms with Crippen LogP contribution in [-0.4, -0.2) is 74.3 Å². The number of phosphoric ester groups is 1. The second kappa shape index (κ2) is 63.3. The smallest absolute Gasteiger partial charge is 0.456 e. The second-order valence-electron chi connectivity index (χ2n) is 26.1. The van der Waals surface area contributed by atoms with Crippen molar-refractivity contribution in [2.75, 3.05) is 40.9 Å². The Labute approximate surface area is 516 Å². The largest absolute Gasteiger partial charge is 0.472 e. The van der Waals surface area contributed by atoms with Gasteiger partial charge in [0.1, 0.15) is 19.3 Å². The highest BCUT2D eigenvalue weighted by Crippen LogP contribution is 2.43. The fourth-order valence-electron chi connectivity index (χ4n) is 11.0. The van der Waals surface area contributed by atoms with Crippen molar-refractivity contribution in [1.82, 2.24) is 5.32 Å². The number of quaternary nitrogens is 1. The third kappa shape index (κ3) is 64.5. The normalized spacial score (nSPS) is 13.7. The van der Waals surface area contributed by atoms with Gasteiger partial charge in [0, 0.05) is 12.8 Å². The van der Waals surface area contributed by atoms with E-state index in [0.717, 1.165) is 64.2 Å². The zero-order chi connectivity index (χ0) is 60.7. The Balaban J connectivity index is 4.96. The van der Waals surface area contributed by atoms with Crippen molar-refractivity contribution in [3.05, 3.63) is 36.5 Å². The highest BCUT2D eigenvalue weighted by Gasteiger charge is 2.30. The van der Waals surface area contributed by atoms with Crippen LogP contribution < -0.4 is 5.32 Å². The maximum Gasteiger partial charge on any atom is 0.472 e. The van der Waals surface area contributed by atoms with E-state index < -0.39 is 20.0 Å². The summed E-state index contributed by atoms with van der Waals surface area (Å²) in [6.45, 7) is 7.04. The molecule has 0 radical (unpaired) electrons. The summed E-state index contributed by atoms with van der Waals surface area (Å²) in [5, 5.41) is 3.07. The van der Waals surface area contributed by atoms with E-state index in [1.54, 1.807) is 0 Å². The van der Waals surface area contributed by atoms with Crippen molar-refractivity contribution < 1.29 is 37.3 Å². The Hall–Kier alpha value is -1.77. The molecule has 490 valence electrons. The SMILES string of the molecule is CCCCC/C=C\C/C=C\CCCCCCCCCCCCCC(=O)NC(COP(=O)(O)OCC[N+](C)(C)C)C(/C=C/CCCCCCCCCCC)OC(=O)CCCCCCCCCCCCCCCCCCCCCCCCCCC. The molecule has 0 fully saturated rings. The van der Waals surface area contributed by atoms with Crippen LogP contribution in [0.1, 0.15) is 367 Å². The van der Waals surface area contributed by atoms with E-state index in [-0.39, 0.29) is 25.1 Å². The lowest BCUT2D eigenvalue weighted by molar-refractivity contribution is -0.870. The fourth-order valence-corrected chi connectivity index (χ4v) is 11.7. The molecular weight excluding hydrogens is 1050 g/mol. The van der Waals surface area contributed by atoms with E-state index in [9.17, 15) is 19.0 Å². The first-order valence-corrected chi connectivity index (χ1v) is 37.8. The first-order valence-electron chi connectivity index (χ1n) is 36.3. The number of esters is 1. The number of phosphoric acid groups is 1. The van der Waals surface area contributed by atoms with E-state index in [1.165, 1.54) is 270 Å². The Kier molecular flexibility index (Phi) is 61.9. The Morgan fingerprint density at radius 1 is 0.422 bits per heavy atom. The summed E-state index contributed by atoms with van der Waals surface area (Å²) >= 11 is 0. The summed E-state index contributed by atoms with van der Waals surface area (Å²) in [4.78, 5) is 37.9. The number of likely N-dealkylation sites (N-methyl/N-ethyl adjacent to an activating group) is 1. The standard InChI is InChI=1S/C73H141N2O7P/c1-7-10-13-16-19-22-25-27-29-31-33-35-36-37-38-40-42-44-46-48-51-54-57-60-63-66-73(77)82-71(64-61-58-55-52-49-24-21-18-15-12-9-3)70(69-81-83(78,79)80-68-67-75(4,5)6)74-72(76)65-62-59-56-53-50-47-45-43-41-39-34-32-30-28-26-23-20-17-14-11-8-2/h20,23,28,30,61,64,70-71H,7-19,21-22,24-27,29,31-60,62-63,65-69H2,1-6H3,(H-,74,76,78,79)/p+1/b23-20-,30-28-,64-61+. The maximum absolute atomic E-state index is 13.6. The third-order valence-electron chi connectivity index (χ3n) is 16.6. The van der Waals surface area contributed by atoms with Crippen molar-refractivity contribution in [1.29, 1.82) is 0 Å². The number of carbonyl (C=O) groups is 2. The van der Waals surface area contributed by atoms with Gasteiger partial charge in [-0.1, -0.05) is 327 Å². The molecule has 0 aromatic heterocycles. The first kappa shape index (κ1) is 81.2. The minimum atomic E-state index is -4.45. The third-order valence-corrected chi connectivity index (χ3v) is 17.6. The van der Waals surface area contributed by atoms with E-state index in [1.807, 2.05) is 33.3 Å². The number of allylic oxidation sites excluding steroid dienone is 5. The van der Waals surface area contributed by atoms with Crippen molar-refractivity contribution in [3.8, 4) is 0 Å². The average molecular weight is 1190 g/mol. The fraction of sp³-hybridized carbons (Fsp3) is 0.890. The van der Waals surface area contributed by atoms with Gasteiger partial charge < -0.3 is 19.4 Å². The molecule has 0 rings (SSSR count). The monoisotopic (exact) mass is 1190 g/mol. The molecule has 0 aromatic carbocycles. The predicted octanol–water partition coefficient (Wildman–Crippen LogP) is 23.0. The minimum absolute atomic E-state index is 0.0426. The molecule has 0 saturated carbocycles. The van der Waals surface area contributed by atoms with Crippen molar-refractivity contribution in [2.45, 2.75) is 380 Å². The molecule has 3 atom stereocenters. The van der Waals surface area contributed by atoms with Gasteiger partial charge in [0.25, 0.3) is 0 Å². The summed E-state index contributed by atoms with van der Waals surface area (Å²) < 4.78 is 30.8. The molecule has 10 heteroatoms. The van der Waals surface area contributed by atoms with E-state index in [2.05, 4.69) is 50.4 Å². The summed E-state index contributed by atoms with van der Waals surface area (Å²) in [5.41, 5.74) is 0. The molecule has 0 saturated heterocycles. The zero-order valence-electron chi connectivity index (χ0n) is 56.2. The van der Waals surface area contributed by atoms with Crippen molar-refractivity contribution in [3.63, 3.8) is 0 Å². The number of nitrogens with zero attached hydrogens (tertiary/aromatic N) is 1. The highest BCUT2D eigenvalue weighted by atomic mass is 31.2. The highest BCUT2D eigenvalue weighted by molar-refractivity contribution is 7.47. The quantitative estimate of drug-likeness (QED) is 0.0205. The minimum Gasteiger partial charge on any atom is -0.456 e. The van der Waals surface area contributed by atoms with Gasteiger partial charge in [0.2, 0.25) is 5.91 Å². The second-order valence-corrected chi connectivity index (χ2v) is 27.6. The molecule has 1 amide bonds. The molecule has 0 heterocycles. The number of unbranched alkanes of at least 4 members (excludes halogenated alkanes) is 47. The lowest BCUT2D eigenvalue weighted by Crippen LogP contribution is -2.47. The first-order chi connectivity index (χ1) is 40.4. The van der Waals surface area contributed by atoms with Gasteiger partial charge in [-0.05, 0) is 63.9 Å². The van der Waals surface area contributed by atoms with Gasteiger partial charge in [0.05, 0.1) is 33.8 Å². The van der Waals surface area contributed by atoms with Gasteiger partial charge in [-0.25, -0.2) is 4.57 Å². The lowest BCUT2D eigenvalue weighted by atomic mass is 10.0. The van der Waals surface area contributed by atoms with Gasteiger partial charge >= 0.3 is 13.8 Å². The van der Waals surface area contributed by atoms with Crippen molar-refractivity contribution >= 4 is 19.7 Å². The van der Waals surface area contributed by atoms with Crippen LogP contribution >= 0.6 is 7.82 Å². The molecular formula is C73H142N2O7P+. The topological polar surface area (TPSA) is 111 Å². The number of nitrogens with one attached hydrogen (secondary N) is 1. The average Bonchev–Trinajstić information content (AvgIpc) is 3.51. The number of hydrogen-bond donors (Lipinski definition) is 2. The molecule has 0 spiro atoms. The summed E-state index contributed by atoms with van der Waals surface area (Å²) in [6, 6.07) is -0.846. The Morgan fingerprint density at radius 3 is 1.11 bits per heavy atom. The maximum atomic E-state index is 13.6. The van der Waals surface area contributed by atoms with E-state index in [0.29, 0.717) is 23.9 Å². The van der Waals surface area contributed by atoms with Crippen LogP contribution in [0.3, 0.4) is 0 Å². The van der Waals surface area contributed by atoms with Gasteiger partial charge in [0.15, 0.2) is 0 Å². The lowest BCUT2D eigenvalue weighted by Gasteiger charge is -2.27. The Morgan fingerprint density at radius 2 is 0.735 bits per heavy atom. The van der Waals surface area contributed by atoms with Crippen LogP contribution in [0.4, 0.5) is 0 Å². The van der Waals surface area contributed by atoms with Crippen LogP contribution in [0.15, 0.2) is 36.5 Å². The number of ether oxygens (including phenoxy) is 1. The van der Waals surface area contributed by atoms with Gasteiger partial charge in [-0.15, -0.1) is 0 Å². The molecule has 0 aliphatic rings. The molecule has 0 bridgehead atoms. The molecule has 2 N–H and O–H groups in total. The number of amides is 1. The molecule has 83 heavy (non-hydrogen) atoms. The molecule has 0 aliphatic carbocycles. The summed E-state index contributed by atoms with van der Waals surface area (Å²) in [5.74, 6) is -0.488. The van der Waals surface area contributed by atoms with Gasteiger partial charge in [-0.2, -0.15) is 0 Å². The van der Waals surface area contributed by atoms with E-state index in [4.69, 9.17) is 13.8 Å². The van der Waals surface area contributed by atoms with Crippen LogP contribution in [0.25, 0.3) is 0 Å². The van der Waals surface area contributed by atoms with Crippen LogP contribution in [0.2, 0.25) is 0 Å². The van der Waals surface area contributed by atoms with Crippen LogP contribution in [0, 0.1) is 0 Å². The van der Waals surface area contributed by atoms with E-state index >= 15 is 0 Å². The number of hydrogen-bond acceptors (Lipinski definition) is 6. The van der Waals surface area contributed by atoms with Crippen LogP contribution in [0.5, 0.6) is 0 Å². The molecule has 9 nitrogen and oxygen atoms in total. The zero-order valence-corrected chi connectivity index (χ0v) is 57.1. The number of rotatable bonds is 67. The van der Waals surface area contributed by atoms with Gasteiger partial charge in [-0.3, -0.25) is 18.6 Å². The Bertz CT molecular complexity index is 1510. The van der Waals surface area contributed by atoms with Crippen molar-refractivity contribution in [2.24, 2.45) is 0 Å². The molecule has 0 aliphatic heterocycles. The number of carbonyl (C=O) groups excluding carboxylic acids is 2. The summed E-state index contributed by atoms with van der Waals surface area (Å²) in [6.07, 6.45) is 78.8. The predicted molar refractivity (Wildman–Crippen MR) is 360 cm³/mol.